The molecule has 1 unspecified atom stereocenters. The van der Waals surface area contributed by atoms with Crippen molar-refractivity contribution in [2.75, 3.05) is 18.4 Å². The van der Waals surface area contributed by atoms with E-state index < -0.39 is 0 Å². The zero-order valence-electron chi connectivity index (χ0n) is 15.0. The number of amides is 1. The average Bonchev–Trinajstić information content (AvgIpc) is 3.32. The number of aromatic nitrogens is 5. The second-order valence-electron chi connectivity index (χ2n) is 6.48. The van der Waals surface area contributed by atoms with Crippen molar-refractivity contribution in [3.05, 3.63) is 48.5 Å². The minimum atomic E-state index is -0.220. The summed E-state index contributed by atoms with van der Waals surface area (Å²) in [6.45, 7) is 1.94. The van der Waals surface area contributed by atoms with Crippen LogP contribution in [0.2, 0.25) is 0 Å². The Kier molecular flexibility index (Phi) is 5.88. The van der Waals surface area contributed by atoms with Crippen molar-refractivity contribution in [1.82, 2.24) is 29.9 Å². The Morgan fingerprint density at radius 2 is 2.22 bits per heavy atom. The van der Waals surface area contributed by atoms with Gasteiger partial charge >= 0.3 is 0 Å². The third-order valence-electron chi connectivity index (χ3n) is 4.58. The highest BCUT2D eigenvalue weighted by Gasteiger charge is 2.18. The first-order valence-corrected chi connectivity index (χ1v) is 8.72. The molecule has 2 aromatic heterocycles. The predicted octanol–water partition coefficient (Wildman–Crippen LogP) is 2.28. The summed E-state index contributed by atoms with van der Waals surface area (Å²) < 4.78 is 3.72. The van der Waals surface area contributed by atoms with Gasteiger partial charge in [-0.25, -0.2) is 0 Å². The molecular formula is C18H22ClN7O. The third-order valence-corrected chi connectivity index (χ3v) is 4.58. The fraction of sp³-hybridized carbons (Fsp3) is 0.333. The van der Waals surface area contributed by atoms with Crippen LogP contribution >= 0.6 is 12.4 Å². The van der Waals surface area contributed by atoms with Crippen LogP contribution in [0.3, 0.4) is 0 Å². The lowest BCUT2D eigenvalue weighted by Gasteiger charge is -2.22. The molecule has 1 aliphatic heterocycles. The van der Waals surface area contributed by atoms with Gasteiger partial charge < -0.3 is 15.2 Å². The number of hydrogen-bond donors (Lipinski definition) is 2. The number of piperidine rings is 1. The number of hydrogen-bond acceptors (Lipinski definition) is 5. The van der Waals surface area contributed by atoms with E-state index in [-0.39, 0.29) is 18.3 Å². The molecule has 0 saturated carbocycles. The van der Waals surface area contributed by atoms with Gasteiger partial charge in [-0.15, -0.1) is 22.6 Å². The molecule has 9 heteroatoms. The summed E-state index contributed by atoms with van der Waals surface area (Å²) in [5.41, 5.74) is 2.01. The molecule has 0 aliphatic carbocycles. The summed E-state index contributed by atoms with van der Waals surface area (Å²) in [5, 5.41) is 18.7. The number of anilines is 1. The van der Waals surface area contributed by atoms with E-state index in [1.54, 1.807) is 12.4 Å². The Morgan fingerprint density at radius 3 is 2.96 bits per heavy atom. The zero-order chi connectivity index (χ0) is 17.9. The van der Waals surface area contributed by atoms with Crippen LogP contribution in [0, 0.1) is 0 Å². The first-order chi connectivity index (χ1) is 12.7. The van der Waals surface area contributed by atoms with Crippen LogP contribution in [0.1, 0.15) is 29.4 Å². The van der Waals surface area contributed by atoms with Crippen molar-refractivity contribution in [3.63, 3.8) is 0 Å². The Hall–Kier alpha value is -2.71. The number of benzene rings is 1. The highest BCUT2D eigenvalue weighted by atomic mass is 35.5. The first-order valence-electron chi connectivity index (χ1n) is 8.72. The maximum atomic E-state index is 12.5. The van der Waals surface area contributed by atoms with Crippen LogP contribution in [-0.4, -0.2) is 43.5 Å². The summed E-state index contributed by atoms with van der Waals surface area (Å²) in [6.07, 6.45) is 5.73. The summed E-state index contributed by atoms with van der Waals surface area (Å²) in [6, 6.07) is 9.61. The molecule has 1 atom stereocenters. The predicted molar refractivity (Wildman–Crippen MR) is 105 cm³/mol. The third kappa shape index (κ3) is 4.17. The van der Waals surface area contributed by atoms with E-state index in [1.807, 2.05) is 46.8 Å². The SMILES string of the molecule is Cl.Cn1cnnc1-c1cccc(NC(=O)c2ccn(C3CCCNC3)n2)c1. The van der Waals surface area contributed by atoms with Crippen LogP contribution in [0.4, 0.5) is 5.69 Å². The summed E-state index contributed by atoms with van der Waals surface area (Å²) >= 11 is 0. The van der Waals surface area contributed by atoms with Crippen LogP contribution in [0.15, 0.2) is 42.9 Å². The van der Waals surface area contributed by atoms with E-state index in [0.29, 0.717) is 17.4 Å². The number of halogens is 1. The molecule has 27 heavy (non-hydrogen) atoms. The molecule has 0 radical (unpaired) electrons. The molecule has 8 nitrogen and oxygen atoms in total. The summed E-state index contributed by atoms with van der Waals surface area (Å²) in [7, 11) is 1.88. The smallest absolute Gasteiger partial charge is 0.276 e. The van der Waals surface area contributed by atoms with Gasteiger partial charge in [0.05, 0.1) is 6.04 Å². The molecule has 0 bridgehead atoms. The van der Waals surface area contributed by atoms with Crippen molar-refractivity contribution in [2.24, 2.45) is 7.05 Å². The Labute approximate surface area is 163 Å². The van der Waals surface area contributed by atoms with Crippen molar-refractivity contribution in [3.8, 4) is 11.4 Å². The fourth-order valence-corrected chi connectivity index (χ4v) is 3.20. The fourth-order valence-electron chi connectivity index (χ4n) is 3.20. The molecule has 1 fully saturated rings. The van der Waals surface area contributed by atoms with Gasteiger partial charge in [0.2, 0.25) is 0 Å². The van der Waals surface area contributed by atoms with E-state index in [9.17, 15) is 4.79 Å². The Bertz CT molecular complexity index is 914. The summed E-state index contributed by atoms with van der Waals surface area (Å²) in [4.78, 5) is 12.5. The van der Waals surface area contributed by atoms with Crippen LogP contribution in [0.25, 0.3) is 11.4 Å². The van der Waals surface area contributed by atoms with Crippen molar-refractivity contribution in [1.29, 1.82) is 0 Å². The Balaban J connectivity index is 0.00000210. The molecule has 3 aromatic rings. The Morgan fingerprint density at radius 1 is 1.33 bits per heavy atom. The zero-order valence-corrected chi connectivity index (χ0v) is 15.8. The van der Waals surface area contributed by atoms with Gasteiger partial charge in [0.1, 0.15) is 6.33 Å². The first kappa shape index (κ1) is 19.1. The molecule has 4 rings (SSSR count). The normalized spacial score (nSPS) is 16.6. The standard InChI is InChI=1S/C18H21N7O.ClH/c1-24-12-20-22-17(24)13-4-2-5-14(10-13)21-18(26)16-7-9-25(23-16)15-6-3-8-19-11-15;/h2,4-5,7,9-10,12,15,19H,3,6,8,11H2,1H3,(H,21,26);1H. The molecule has 0 spiro atoms. The quantitative estimate of drug-likeness (QED) is 0.716. The van der Waals surface area contributed by atoms with Gasteiger partial charge in [-0.05, 0) is 37.6 Å². The maximum absolute atomic E-state index is 12.5. The summed E-state index contributed by atoms with van der Waals surface area (Å²) in [5.74, 6) is 0.526. The van der Waals surface area contributed by atoms with Crippen LogP contribution < -0.4 is 10.6 Å². The number of nitrogens with one attached hydrogen (secondary N) is 2. The van der Waals surface area contributed by atoms with E-state index >= 15 is 0 Å². The number of carbonyl (C=O) groups is 1. The highest BCUT2D eigenvalue weighted by molar-refractivity contribution is 6.03. The average molecular weight is 388 g/mol. The van der Waals surface area contributed by atoms with Crippen molar-refractivity contribution >= 4 is 24.0 Å². The van der Waals surface area contributed by atoms with Crippen molar-refractivity contribution in [2.45, 2.75) is 18.9 Å². The topological polar surface area (TPSA) is 89.7 Å². The molecule has 1 aliphatic rings. The van der Waals surface area contributed by atoms with Gasteiger partial charge in [-0.2, -0.15) is 5.10 Å². The number of carbonyl (C=O) groups excluding carboxylic acids is 1. The van der Waals surface area contributed by atoms with E-state index in [0.717, 1.165) is 37.3 Å². The number of aryl methyl sites for hydroxylation is 1. The lowest BCUT2D eigenvalue weighted by molar-refractivity contribution is 0.102. The second-order valence-corrected chi connectivity index (χ2v) is 6.48. The molecule has 1 saturated heterocycles. The van der Waals surface area contributed by atoms with E-state index in [1.165, 1.54) is 0 Å². The highest BCUT2D eigenvalue weighted by Crippen LogP contribution is 2.21. The van der Waals surface area contributed by atoms with Gasteiger partial charge in [0, 0.05) is 31.0 Å². The van der Waals surface area contributed by atoms with E-state index in [2.05, 4.69) is 25.9 Å². The number of nitrogens with zero attached hydrogens (tertiary/aromatic N) is 5. The second kappa shape index (κ2) is 8.32. The van der Waals surface area contributed by atoms with Crippen LogP contribution in [-0.2, 0) is 7.05 Å². The van der Waals surface area contributed by atoms with Gasteiger partial charge in [-0.1, -0.05) is 12.1 Å². The van der Waals surface area contributed by atoms with Gasteiger partial charge in [0.15, 0.2) is 11.5 Å². The molecule has 3 heterocycles. The lowest BCUT2D eigenvalue weighted by Crippen LogP contribution is -2.32. The largest absolute Gasteiger partial charge is 0.321 e. The molecule has 2 N–H and O–H groups in total. The van der Waals surface area contributed by atoms with E-state index in [4.69, 9.17) is 0 Å². The minimum Gasteiger partial charge on any atom is -0.321 e. The molecule has 1 aromatic carbocycles. The van der Waals surface area contributed by atoms with Crippen molar-refractivity contribution < 1.29 is 4.79 Å². The molecular weight excluding hydrogens is 366 g/mol. The maximum Gasteiger partial charge on any atom is 0.276 e. The van der Waals surface area contributed by atoms with Crippen LogP contribution in [0.5, 0.6) is 0 Å². The molecule has 142 valence electrons. The lowest BCUT2D eigenvalue weighted by atomic mass is 10.1. The van der Waals surface area contributed by atoms with Gasteiger partial charge in [0.25, 0.3) is 5.91 Å². The molecule has 1 amide bonds. The van der Waals surface area contributed by atoms with Gasteiger partial charge in [-0.3, -0.25) is 9.48 Å². The minimum absolute atomic E-state index is 0. The monoisotopic (exact) mass is 387 g/mol. The number of rotatable bonds is 4.